The van der Waals surface area contributed by atoms with E-state index in [2.05, 4.69) is 30.4 Å². The normalized spacial score (nSPS) is 18.1. The number of amides is 1. The fourth-order valence-electron chi connectivity index (χ4n) is 3.98. The zero-order valence-corrected chi connectivity index (χ0v) is 16.8. The van der Waals surface area contributed by atoms with Crippen LogP contribution in [0.25, 0.3) is 0 Å². The molecule has 1 heterocycles. The molecule has 3 aromatic carbocycles. The first kappa shape index (κ1) is 19.1. The number of hydrogen-bond acceptors (Lipinski definition) is 3. The lowest BCUT2D eigenvalue weighted by atomic mass is 9.91. The smallest absolute Gasteiger partial charge is 0.265 e. The van der Waals surface area contributed by atoms with Crippen LogP contribution in [0.15, 0.2) is 78.9 Å². The van der Waals surface area contributed by atoms with Crippen LogP contribution in [0.4, 0.5) is 11.4 Å². The molecule has 148 valence electrons. The van der Waals surface area contributed by atoms with Crippen LogP contribution in [-0.4, -0.2) is 18.6 Å². The van der Waals surface area contributed by atoms with Crippen molar-refractivity contribution >= 4 is 17.3 Å². The Morgan fingerprint density at radius 1 is 1.03 bits per heavy atom. The van der Waals surface area contributed by atoms with Crippen molar-refractivity contribution < 1.29 is 9.53 Å². The molecule has 0 radical (unpaired) electrons. The predicted octanol–water partition coefficient (Wildman–Crippen LogP) is 5.35. The molecule has 4 rings (SSSR count). The third-order valence-electron chi connectivity index (χ3n) is 5.32. The Morgan fingerprint density at radius 2 is 1.79 bits per heavy atom. The van der Waals surface area contributed by atoms with Gasteiger partial charge in [0.15, 0.2) is 6.61 Å². The summed E-state index contributed by atoms with van der Waals surface area (Å²) < 4.78 is 5.78. The van der Waals surface area contributed by atoms with Gasteiger partial charge < -0.3 is 15.0 Å². The molecule has 2 atom stereocenters. The van der Waals surface area contributed by atoms with E-state index in [1.54, 1.807) is 0 Å². The molecule has 1 aliphatic heterocycles. The third kappa shape index (κ3) is 4.27. The third-order valence-corrected chi connectivity index (χ3v) is 5.32. The molecule has 0 fully saturated rings. The fourth-order valence-corrected chi connectivity index (χ4v) is 3.98. The summed E-state index contributed by atoms with van der Waals surface area (Å²) in [5.74, 6) is 0.699. The standard InChI is InChI=1S/C25H26N2O2/c1-18-9-8-12-21(15-18)29-17-25(28)27-19(2)16-23(22-13-6-7-14-24(22)27)26-20-10-4-3-5-11-20/h3-15,19,23,26H,16-17H2,1-2H3/t19-,23+/m1/s1. The molecule has 29 heavy (non-hydrogen) atoms. The lowest BCUT2D eigenvalue weighted by Gasteiger charge is -2.40. The summed E-state index contributed by atoms with van der Waals surface area (Å²) in [6.07, 6.45) is 0.835. The number of carbonyl (C=O) groups is 1. The molecule has 3 aromatic rings. The summed E-state index contributed by atoms with van der Waals surface area (Å²) in [4.78, 5) is 15.0. The van der Waals surface area contributed by atoms with E-state index in [0.29, 0.717) is 0 Å². The molecule has 4 heteroatoms. The van der Waals surface area contributed by atoms with Gasteiger partial charge in [-0.3, -0.25) is 4.79 Å². The Labute approximate surface area is 172 Å². The molecule has 0 bridgehead atoms. The highest BCUT2D eigenvalue weighted by atomic mass is 16.5. The molecule has 1 amide bonds. The highest BCUT2D eigenvalue weighted by molar-refractivity contribution is 5.96. The van der Waals surface area contributed by atoms with E-state index < -0.39 is 0 Å². The second-order valence-corrected chi connectivity index (χ2v) is 7.58. The van der Waals surface area contributed by atoms with Crippen molar-refractivity contribution in [3.8, 4) is 5.75 Å². The molecule has 4 nitrogen and oxygen atoms in total. The number of hydrogen-bond donors (Lipinski definition) is 1. The first-order chi connectivity index (χ1) is 14.1. The summed E-state index contributed by atoms with van der Waals surface area (Å²) in [5, 5.41) is 3.62. The molecular weight excluding hydrogens is 360 g/mol. The largest absolute Gasteiger partial charge is 0.484 e. The summed E-state index contributed by atoms with van der Waals surface area (Å²) in [6, 6.07) is 26.3. The zero-order valence-electron chi connectivity index (χ0n) is 16.8. The van der Waals surface area contributed by atoms with Gasteiger partial charge in [0.1, 0.15) is 5.75 Å². The van der Waals surface area contributed by atoms with Gasteiger partial charge in [0, 0.05) is 17.4 Å². The van der Waals surface area contributed by atoms with Crippen LogP contribution in [0, 0.1) is 6.92 Å². The molecule has 0 spiro atoms. The molecule has 0 saturated heterocycles. The first-order valence-corrected chi connectivity index (χ1v) is 10.0. The van der Waals surface area contributed by atoms with Gasteiger partial charge >= 0.3 is 0 Å². The van der Waals surface area contributed by atoms with Crippen molar-refractivity contribution in [2.24, 2.45) is 0 Å². The van der Waals surface area contributed by atoms with Crippen LogP contribution >= 0.6 is 0 Å². The van der Waals surface area contributed by atoms with Crippen molar-refractivity contribution in [3.05, 3.63) is 90.0 Å². The molecule has 0 saturated carbocycles. The van der Waals surface area contributed by atoms with Crippen LogP contribution in [-0.2, 0) is 4.79 Å². The monoisotopic (exact) mass is 386 g/mol. The Balaban J connectivity index is 1.54. The van der Waals surface area contributed by atoms with Crippen molar-refractivity contribution in [1.82, 2.24) is 0 Å². The maximum Gasteiger partial charge on any atom is 0.265 e. The van der Waals surface area contributed by atoms with E-state index in [0.717, 1.165) is 34.7 Å². The molecule has 0 aliphatic carbocycles. The van der Waals surface area contributed by atoms with E-state index in [1.807, 2.05) is 72.5 Å². The van der Waals surface area contributed by atoms with Crippen molar-refractivity contribution in [2.75, 3.05) is 16.8 Å². The number of nitrogens with one attached hydrogen (secondary N) is 1. The van der Waals surface area contributed by atoms with Gasteiger partial charge in [-0.05, 0) is 61.7 Å². The van der Waals surface area contributed by atoms with Crippen LogP contribution in [0.3, 0.4) is 0 Å². The predicted molar refractivity (Wildman–Crippen MR) is 117 cm³/mol. The van der Waals surface area contributed by atoms with Crippen LogP contribution < -0.4 is 15.0 Å². The Kier molecular flexibility index (Phi) is 5.52. The van der Waals surface area contributed by atoms with Gasteiger partial charge in [-0.25, -0.2) is 0 Å². The summed E-state index contributed by atoms with van der Waals surface area (Å²) in [5.41, 5.74) is 4.29. The second-order valence-electron chi connectivity index (χ2n) is 7.58. The van der Waals surface area contributed by atoms with E-state index >= 15 is 0 Å². The Morgan fingerprint density at radius 3 is 2.59 bits per heavy atom. The fraction of sp³-hybridized carbons (Fsp3) is 0.240. The summed E-state index contributed by atoms with van der Waals surface area (Å²) >= 11 is 0. The van der Waals surface area contributed by atoms with Crippen LogP contribution in [0.5, 0.6) is 5.75 Å². The van der Waals surface area contributed by atoms with Gasteiger partial charge in [-0.15, -0.1) is 0 Å². The van der Waals surface area contributed by atoms with E-state index in [1.165, 1.54) is 0 Å². The maximum atomic E-state index is 13.1. The Bertz CT molecular complexity index is 987. The lowest BCUT2D eigenvalue weighted by molar-refractivity contribution is -0.121. The number of rotatable bonds is 5. The zero-order chi connectivity index (χ0) is 20.2. The average molecular weight is 386 g/mol. The SMILES string of the molecule is Cc1cccc(OCC(=O)N2c3ccccc3[C@@H](Nc3ccccc3)C[C@H]2C)c1. The molecule has 0 unspecified atom stereocenters. The molecule has 1 N–H and O–H groups in total. The maximum absolute atomic E-state index is 13.1. The van der Waals surface area contributed by atoms with Crippen LogP contribution in [0.2, 0.25) is 0 Å². The highest BCUT2D eigenvalue weighted by Gasteiger charge is 2.33. The topological polar surface area (TPSA) is 41.6 Å². The first-order valence-electron chi connectivity index (χ1n) is 10.0. The summed E-state index contributed by atoms with van der Waals surface area (Å²) in [6.45, 7) is 4.14. The minimum Gasteiger partial charge on any atom is -0.484 e. The van der Waals surface area contributed by atoms with Gasteiger partial charge in [0.05, 0.1) is 6.04 Å². The van der Waals surface area contributed by atoms with Crippen molar-refractivity contribution in [2.45, 2.75) is 32.4 Å². The number of benzene rings is 3. The quantitative estimate of drug-likeness (QED) is 0.642. The van der Waals surface area contributed by atoms with E-state index in [-0.39, 0.29) is 24.6 Å². The number of nitrogens with zero attached hydrogens (tertiary/aromatic N) is 1. The van der Waals surface area contributed by atoms with Gasteiger partial charge in [-0.2, -0.15) is 0 Å². The second kappa shape index (κ2) is 8.39. The number of ether oxygens (including phenoxy) is 1. The molecule has 1 aliphatic rings. The van der Waals surface area contributed by atoms with E-state index in [9.17, 15) is 4.79 Å². The number of fused-ring (bicyclic) bond motifs is 1. The highest BCUT2D eigenvalue weighted by Crippen LogP contribution is 2.38. The number of anilines is 2. The molecular formula is C25H26N2O2. The number of para-hydroxylation sites is 2. The van der Waals surface area contributed by atoms with Gasteiger partial charge in [0.2, 0.25) is 0 Å². The minimum atomic E-state index is -0.0235. The average Bonchev–Trinajstić information content (AvgIpc) is 2.73. The van der Waals surface area contributed by atoms with E-state index in [4.69, 9.17) is 4.74 Å². The Hall–Kier alpha value is -3.27. The molecule has 0 aromatic heterocycles. The van der Waals surface area contributed by atoms with Gasteiger partial charge in [0.25, 0.3) is 5.91 Å². The van der Waals surface area contributed by atoms with Crippen molar-refractivity contribution in [1.29, 1.82) is 0 Å². The summed E-state index contributed by atoms with van der Waals surface area (Å²) in [7, 11) is 0. The number of carbonyl (C=O) groups excluding carboxylic acids is 1. The van der Waals surface area contributed by atoms with Crippen LogP contribution in [0.1, 0.15) is 30.5 Å². The minimum absolute atomic E-state index is 0.0235. The number of aryl methyl sites for hydroxylation is 1. The lowest BCUT2D eigenvalue weighted by Crippen LogP contribution is -2.46. The van der Waals surface area contributed by atoms with Crippen molar-refractivity contribution in [3.63, 3.8) is 0 Å². The van der Waals surface area contributed by atoms with Gasteiger partial charge in [-0.1, -0.05) is 48.5 Å².